The fourth-order valence-corrected chi connectivity index (χ4v) is 2.17. The Morgan fingerprint density at radius 3 is 2.65 bits per heavy atom. The number of nitrogens with two attached hydrogens (primary N) is 1. The highest BCUT2D eigenvalue weighted by molar-refractivity contribution is 5.97. The minimum atomic E-state index is -0.168. The Bertz CT molecular complexity index is 589. The largest absolute Gasteiger partial charge is 0.395 e. The summed E-state index contributed by atoms with van der Waals surface area (Å²) >= 11 is 0. The summed E-state index contributed by atoms with van der Waals surface area (Å²) in [6, 6.07) is 10.2. The number of hydrogen-bond acceptors (Lipinski definition) is 3. The van der Waals surface area contributed by atoms with Crippen molar-refractivity contribution in [3.05, 3.63) is 47.3 Å². The molecule has 0 aliphatic carbocycles. The van der Waals surface area contributed by atoms with Crippen LogP contribution in [0.4, 0.5) is 5.69 Å². The lowest BCUT2D eigenvalue weighted by Crippen LogP contribution is -2.27. The van der Waals surface area contributed by atoms with Gasteiger partial charge in [0.1, 0.15) is 5.69 Å². The Labute approximate surface area is 118 Å². The molecule has 0 radical (unpaired) electrons. The summed E-state index contributed by atoms with van der Waals surface area (Å²) in [5.74, 6) is -0.168. The van der Waals surface area contributed by atoms with E-state index in [9.17, 15) is 4.79 Å². The average Bonchev–Trinajstić information content (AvgIpc) is 2.69. The highest BCUT2D eigenvalue weighted by atomic mass is 16.2. The lowest BCUT2D eigenvalue weighted by Gasteiger charge is -2.06. The molecule has 1 aromatic carbocycles. The monoisotopic (exact) mass is 272 g/mol. The molecular weight excluding hydrogens is 252 g/mol. The lowest BCUT2D eigenvalue weighted by molar-refractivity contribution is 0.0945. The van der Waals surface area contributed by atoms with E-state index in [4.69, 9.17) is 5.73 Å². The van der Waals surface area contributed by atoms with Crippen LogP contribution in [0.15, 0.2) is 30.3 Å². The van der Waals surface area contributed by atoms with E-state index in [1.807, 2.05) is 18.2 Å². The molecule has 2 rings (SSSR count). The van der Waals surface area contributed by atoms with E-state index in [1.165, 1.54) is 10.2 Å². The number of hydrogen-bond donors (Lipinski definition) is 2. The molecule has 0 unspecified atom stereocenters. The number of benzene rings is 1. The third-order valence-electron chi connectivity index (χ3n) is 3.25. The van der Waals surface area contributed by atoms with Gasteiger partial charge in [-0.1, -0.05) is 30.3 Å². The molecule has 20 heavy (non-hydrogen) atoms. The van der Waals surface area contributed by atoms with Crippen LogP contribution in [0.3, 0.4) is 0 Å². The summed E-state index contributed by atoms with van der Waals surface area (Å²) in [6.45, 7) is 2.42. The molecule has 106 valence electrons. The first-order chi connectivity index (χ1) is 9.59. The summed E-state index contributed by atoms with van der Waals surface area (Å²) in [7, 11) is 1.72. The van der Waals surface area contributed by atoms with Crippen LogP contribution in [-0.4, -0.2) is 22.2 Å². The van der Waals surface area contributed by atoms with Gasteiger partial charge in [-0.2, -0.15) is 5.10 Å². The third kappa shape index (κ3) is 3.17. The van der Waals surface area contributed by atoms with Gasteiger partial charge in [-0.15, -0.1) is 0 Å². The Balaban J connectivity index is 1.84. The predicted octanol–water partition coefficient (Wildman–Crippen LogP) is 1.67. The zero-order valence-electron chi connectivity index (χ0n) is 11.9. The molecule has 0 spiro atoms. The SMILES string of the molecule is Cc1nn(C)c(C(=O)NCCCc2ccccc2)c1N. The summed E-state index contributed by atoms with van der Waals surface area (Å²) < 4.78 is 1.52. The molecule has 1 aromatic heterocycles. The number of carbonyl (C=O) groups is 1. The summed E-state index contributed by atoms with van der Waals surface area (Å²) in [5, 5.41) is 7.02. The van der Waals surface area contributed by atoms with E-state index in [1.54, 1.807) is 14.0 Å². The zero-order valence-corrected chi connectivity index (χ0v) is 11.9. The molecule has 0 atom stereocenters. The Kier molecular flexibility index (Phi) is 4.40. The van der Waals surface area contributed by atoms with E-state index < -0.39 is 0 Å². The van der Waals surface area contributed by atoms with E-state index in [-0.39, 0.29) is 5.91 Å². The molecule has 1 heterocycles. The van der Waals surface area contributed by atoms with Gasteiger partial charge in [-0.25, -0.2) is 0 Å². The Morgan fingerprint density at radius 1 is 1.35 bits per heavy atom. The minimum Gasteiger partial charge on any atom is -0.395 e. The van der Waals surface area contributed by atoms with Crippen molar-refractivity contribution in [1.82, 2.24) is 15.1 Å². The quantitative estimate of drug-likeness (QED) is 0.813. The van der Waals surface area contributed by atoms with Crippen molar-refractivity contribution in [2.75, 3.05) is 12.3 Å². The number of aryl methyl sites for hydroxylation is 3. The summed E-state index contributed by atoms with van der Waals surface area (Å²) in [6.07, 6.45) is 1.84. The summed E-state index contributed by atoms with van der Waals surface area (Å²) in [5.41, 5.74) is 8.70. The number of anilines is 1. The van der Waals surface area contributed by atoms with Crippen LogP contribution in [0.5, 0.6) is 0 Å². The number of amides is 1. The van der Waals surface area contributed by atoms with Gasteiger partial charge in [0.25, 0.3) is 5.91 Å². The molecule has 3 N–H and O–H groups in total. The first kappa shape index (κ1) is 14.1. The van der Waals surface area contributed by atoms with Gasteiger partial charge in [0.05, 0.1) is 11.4 Å². The maximum absolute atomic E-state index is 12.1. The molecule has 5 heteroatoms. The molecule has 0 bridgehead atoms. The van der Waals surface area contributed by atoms with Crippen LogP contribution in [0.25, 0.3) is 0 Å². The highest BCUT2D eigenvalue weighted by Gasteiger charge is 2.17. The number of nitrogens with one attached hydrogen (secondary N) is 1. The molecule has 0 aliphatic rings. The number of rotatable bonds is 5. The van der Waals surface area contributed by atoms with E-state index >= 15 is 0 Å². The molecule has 2 aromatic rings. The number of nitrogens with zero attached hydrogens (tertiary/aromatic N) is 2. The molecule has 5 nitrogen and oxygen atoms in total. The lowest BCUT2D eigenvalue weighted by atomic mass is 10.1. The fourth-order valence-electron chi connectivity index (χ4n) is 2.17. The van der Waals surface area contributed by atoms with Crippen molar-refractivity contribution >= 4 is 11.6 Å². The number of nitrogen functional groups attached to an aromatic ring is 1. The molecule has 0 fully saturated rings. The predicted molar refractivity (Wildman–Crippen MR) is 79.5 cm³/mol. The van der Waals surface area contributed by atoms with Crippen LogP contribution in [0.1, 0.15) is 28.2 Å². The first-order valence-electron chi connectivity index (χ1n) is 6.71. The maximum atomic E-state index is 12.1. The molecular formula is C15H20N4O. The number of aromatic nitrogens is 2. The van der Waals surface area contributed by atoms with Crippen molar-refractivity contribution in [3.8, 4) is 0 Å². The van der Waals surface area contributed by atoms with Gasteiger partial charge < -0.3 is 11.1 Å². The topological polar surface area (TPSA) is 72.9 Å². The van der Waals surface area contributed by atoms with Gasteiger partial charge in [0.2, 0.25) is 0 Å². The van der Waals surface area contributed by atoms with E-state index in [0.29, 0.717) is 23.6 Å². The summed E-state index contributed by atoms with van der Waals surface area (Å²) in [4.78, 5) is 12.1. The van der Waals surface area contributed by atoms with Gasteiger partial charge in [0, 0.05) is 13.6 Å². The standard InChI is InChI=1S/C15H20N4O/c1-11-13(16)14(19(2)18-11)15(20)17-10-6-9-12-7-4-3-5-8-12/h3-5,7-8H,6,9-10,16H2,1-2H3,(H,17,20). The maximum Gasteiger partial charge on any atom is 0.271 e. The van der Waals surface area contributed by atoms with Gasteiger partial charge in [0.15, 0.2) is 0 Å². The smallest absolute Gasteiger partial charge is 0.271 e. The second-order valence-electron chi connectivity index (χ2n) is 4.82. The molecule has 0 aliphatic heterocycles. The molecule has 0 saturated carbocycles. The normalized spacial score (nSPS) is 10.5. The third-order valence-corrected chi connectivity index (χ3v) is 3.25. The number of carbonyl (C=O) groups excluding carboxylic acids is 1. The fraction of sp³-hybridized carbons (Fsp3) is 0.333. The van der Waals surface area contributed by atoms with Gasteiger partial charge in [-0.05, 0) is 25.3 Å². The molecule has 1 amide bonds. The van der Waals surface area contributed by atoms with Crippen LogP contribution in [0.2, 0.25) is 0 Å². The van der Waals surface area contributed by atoms with Crippen molar-refractivity contribution in [3.63, 3.8) is 0 Å². The van der Waals surface area contributed by atoms with Crippen LogP contribution < -0.4 is 11.1 Å². The van der Waals surface area contributed by atoms with Crippen molar-refractivity contribution in [2.24, 2.45) is 7.05 Å². The molecule has 0 saturated heterocycles. The average molecular weight is 272 g/mol. The second kappa shape index (κ2) is 6.23. The Hall–Kier alpha value is -2.30. The minimum absolute atomic E-state index is 0.168. The Morgan fingerprint density at radius 2 is 2.05 bits per heavy atom. The van der Waals surface area contributed by atoms with Crippen LogP contribution in [-0.2, 0) is 13.5 Å². The van der Waals surface area contributed by atoms with Gasteiger partial charge >= 0.3 is 0 Å². The van der Waals surface area contributed by atoms with E-state index in [0.717, 1.165) is 12.8 Å². The van der Waals surface area contributed by atoms with Crippen molar-refractivity contribution in [2.45, 2.75) is 19.8 Å². The van der Waals surface area contributed by atoms with Gasteiger partial charge in [-0.3, -0.25) is 9.48 Å². The van der Waals surface area contributed by atoms with Crippen LogP contribution in [0, 0.1) is 6.92 Å². The van der Waals surface area contributed by atoms with Crippen LogP contribution >= 0.6 is 0 Å². The first-order valence-corrected chi connectivity index (χ1v) is 6.71. The van der Waals surface area contributed by atoms with Crippen molar-refractivity contribution < 1.29 is 4.79 Å². The second-order valence-corrected chi connectivity index (χ2v) is 4.82. The zero-order chi connectivity index (χ0) is 14.5. The van der Waals surface area contributed by atoms with Crippen molar-refractivity contribution in [1.29, 1.82) is 0 Å². The highest BCUT2D eigenvalue weighted by Crippen LogP contribution is 2.14. The van der Waals surface area contributed by atoms with E-state index in [2.05, 4.69) is 22.5 Å².